The maximum Gasteiger partial charge on any atom is 0.175 e. The lowest BCUT2D eigenvalue weighted by Crippen LogP contribution is -1.96. The van der Waals surface area contributed by atoms with E-state index in [1.807, 2.05) is 42.8 Å². The summed E-state index contributed by atoms with van der Waals surface area (Å²) in [5.41, 5.74) is 5.62. The predicted octanol–water partition coefficient (Wildman–Crippen LogP) is 4.16. The van der Waals surface area contributed by atoms with E-state index in [2.05, 4.69) is 14.8 Å². The van der Waals surface area contributed by atoms with Crippen molar-refractivity contribution in [1.82, 2.24) is 14.6 Å². The van der Waals surface area contributed by atoms with E-state index < -0.39 is 9.84 Å². The highest BCUT2D eigenvalue weighted by molar-refractivity contribution is 7.99. The molecule has 2 heterocycles. The molecular weight excluding hydrogens is 392 g/mol. The lowest BCUT2D eigenvalue weighted by Gasteiger charge is -2.05. The van der Waals surface area contributed by atoms with Crippen LogP contribution in [-0.4, -0.2) is 35.5 Å². The van der Waals surface area contributed by atoms with Crippen LogP contribution in [0.3, 0.4) is 0 Å². The van der Waals surface area contributed by atoms with Gasteiger partial charge in [0.25, 0.3) is 0 Å². The summed E-state index contributed by atoms with van der Waals surface area (Å²) in [6, 6.07) is 16.9. The normalized spacial score (nSPS) is 11.6. The predicted molar refractivity (Wildman–Crippen MR) is 114 cm³/mol. The van der Waals surface area contributed by atoms with Crippen molar-refractivity contribution in [2.24, 2.45) is 0 Å². The molecule has 0 aliphatic rings. The molecule has 2 aromatic carbocycles. The first-order valence-electron chi connectivity index (χ1n) is 8.49. The molecule has 8 heteroatoms. The fraction of sp³-hybridized carbons (Fsp3) is 0.100. The van der Waals surface area contributed by atoms with Gasteiger partial charge in [0.1, 0.15) is 6.33 Å². The molecule has 0 aliphatic heterocycles. The van der Waals surface area contributed by atoms with Crippen LogP contribution in [0.15, 0.2) is 72.0 Å². The molecule has 1 N–H and O–H groups in total. The van der Waals surface area contributed by atoms with E-state index in [1.165, 1.54) is 12.6 Å². The first-order valence-corrected chi connectivity index (χ1v) is 11.6. The lowest BCUT2D eigenvalue weighted by atomic mass is 10.1. The van der Waals surface area contributed by atoms with Gasteiger partial charge in [-0.3, -0.25) is 0 Å². The zero-order valence-corrected chi connectivity index (χ0v) is 17.0. The van der Waals surface area contributed by atoms with Crippen LogP contribution >= 0.6 is 11.9 Å². The number of rotatable bonds is 5. The molecule has 0 atom stereocenters. The van der Waals surface area contributed by atoms with Crippen molar-refractivity contribution in [3.8, 4) is 22.4 Å². The number of fused-ring (bicyclic) bond motifs is 1. The highest BCUT2D eigenvalue weighted by atomic mass is 32.2. The first kappa shape index (κ1) is 18.5. The maximum atomic E-state index is 11.7. The molecule has 2 aromatic heterocycles. The summed E-state index contributed by atoms with van der Waals surface area (Å²) in [6.07, 6.45) is 6.63. The smallest absolute Gasteiger partial charge is 0.175 e. The fourth-order valence-corrected chi connectivity index (χ4v) is 4.02. The topological polar surface area (TPSA) is 76.4 Å². The van der Waals surface area contributed by atoms with Gasteiger partial charge in [-0.15, -0.1) is 0 Å². The number of hydrogen-bond donors (Lipinski definition) is 1. The van der Waals surface area contributed by atoms with Crippen LogP contribution in [0, 0.1) is 0 Å². The van der Waals surface area contributed by atoms with Crippen molar-refractivity contribution in [2.45, 2.75) is 4.90 Å². The van der Waals surface area contributed by atoms with Crippen molar-refractivity contribution in [3.05, 3.63) is 67.1 Å². The Morgan fingerprint density at radius 1 is 0.964 bits per heavy atom. The Bertz CT molecular complexity index is 1230. The van der Waals surface area contributed by atoms with Gasteiger partial charge in [-0.2, -0.15) is 5.10 Å². The van der Waals surface area contributed by atoms with Crippen LogP contribution in [0.4, 0.5) is 5.69 Å². The Kier molecular flexibility index (Phi) is 4.82. The number of nitrogens with zero attached hydrogens (tertiary/aromatic N) is 3. The molecule has 142 valence electrons. The molecule has 0 unspecified atom stereocenters. The molecule has 0 saturated heterocycles. The number of nitrogens with one attached hydrogen (secondary N) is 1. The van der Waals surface area contributed by atoms with E-state index in [-0.39, 0.29) is 0 Å². The van der Waals surface area contributed by atoms with Crippen LogP contribution in [0.1, 0.15) is 0 Å². The maximum absolute atomic E-state index is 11.7. The second-order valence-corrected chi connectivity index (χ2v) is 8.98. The van der Waals surface area contributed by atoms with Gasteiger partial charge in [0.15, 0.2) is 9.84 Å². The average molecular weight is 411 g/mol. The van der Waals surface area contributed by atoms with Gasteiger partial charge in [0, 0.05) is 35.5 Å². The summed E-state index contributed by atoms with van der Waals surface area (Å²) >= 11 is 1.54. The molecule has 28 heavy (non-hydrogen) atoms. The summed E-state index contributed by atoms with van der Waals surface area (Å²) in [5, 5.41) is 4.31. The molecule has 0 spiro atoms. The molecule has 4 rings (SSSR count). The van der Waals surface area contributed by atoms with E-state index in [0.717, 1.165) is 33.6 Å². The number of sulfone groups is 1. The van der Waals surface area contributed by atoms with Crippen LogP contribution in [0.25, 0.3) is 27.9 Å². The minimum atomic E-state index is -3.21. The van der Waals surface area contributed by atoms with Crippen molar-refractivity contribution in [2.75, 3.05) is 17.2 Å². The molecule has 0 aliphatic carbocycles. The fourth-order valence-electron chi connectivity index (χ4n) is 3.02. The standard InChI is InChI=1S/C20H18N4O2S2/c1-27-23-17-7-3-15(4-8-17)20-19-11-16(12-24(19)22-13-21-20)14-5-9-18(10-6-14)28(2,25)26/h3-13,23H,1-2H3. The Morgan fingerprint density at radius 3 is 2.29 bits per heavy atom. The average Bonchev–Trinajstić information content (AvgIpc) is 3.13. The van der Waals surface area contributed by atoms with Crippen LogP contribution in [0.2, 0.25) is 0 Å². The summed E-state index contributed by atoms with van der Waals surface area (Å²) in [6.45, 7) is 0. The Hall–Kier alpha value is -2.84. The molecular formula is C20H18N4O2S2. The monoisotopic (exact) mass is 410 g/mol. The number of aromatic nitrogens is 3. The summed E-state index contributed by atoms with van der Waals surface area (Å²) in [5.74, 6) is 0. The van der Waals surface area contributed by atoms with Gasteiger partial charge >= 0.3 is 0 Å². The van der Waals surface area contributed by atoms with Crippen LogP contribution in [-0.2, 0) is 9.84 Å². The van der Waals surface area contributed by atoms with Crippen molar-refractivity contribution >= 4 is 33.0 Å². The summed E-state index contributed by atoms with van der Waals surface area (Å²) in [4.78, 5) is 4.77. The molecule has 6 nitrogen and oxygen atoms in total. The Morgan fingerprint density at radius 2 is 1.64 bits per heavy atom. The minimum absolute atomic E-state index is 0.305. The van der Waals surface area contributed by atoms with Crippen LogP contribution in [0.5, 0.6) is 0 Å². The number of benzene rings is 2. The van der Waals surface area contributed by atoms with E-state index in [4.69, 9.17) is 0 Å². The molecule has 0 bridgehead atoms. The molecule has 0 radical (unpaired) electrons. The zero-order valence-electron chi connectivity index (χ0n) is 15.3. The molecule has 4 aromatic rings. The van der Waals surface area contributed by atoms with Crippen molar-refractivity contribution in [1.29, 1.82) is 0 Å². The number of anilines is 1. The van der Waals surface area contributed by atoms with E-state index in [1.54, 1.807) is 40.7 Å². The van der Waals surface area contributed by atoms with E-state index in [9.17, 15) is 8.42 Å². The third kappa shape index (κ3) is 3.61. The van der Waals surface area contributed by atoms with Gasteiger partial charge in [-0.05, 0) is 35.9 Å². The molecule has 0 fully saturated rings. The highest BCUT2D eigenvalue weighted by Crippen LogP contribution is 2.29. The second kappa shape index (κ2) is 7.29. The largest absolute Gasteiger partial charge is 0.330 e. The Balaban J connectivity index is 1.75. The first-order chi connectivity index (χ1) is 13.5. The SMILES string of the molecule is CSNc1ccc(-c2ncnn3cc(-c4ccc(S(C)(=O)=O)cc4)cc23)cc1. The van der Waals surface area contributed by atoms with Crippen molar-refractivity contribution in [3.63, 3.8) is 0 Å². The third-order valence-corrected chi connectivity index (χ3v) is 5.97. The van der Waals surface area contributed by atoms with Gasteiger partial charge in [-0.1, -0.05) is 36.2 Å². The quantitative estimate of drug-likeness (QED) is 0.498. The van der Waals surface area contributed by atoms with Crippen molar-refractivity contribution < 1.29 is 8.42 Å². The second-order valence-electron chi connectivity index (χ2n) is 6.35. The van der Waals surface area contributed by atoms with Crippen LogP contribution < -0.4 is 4.72 Å². The highest BCUT2D eigenvalue weighted by Gasteiger charge is 2.12. The summed E-state index contributed by atoms with van der Waals surface area (Å²) < 4.78 is 28.3. The van der Waals surface area contributed by atoms with Gasteiger partial charge in [-0.25, -0.2) is 17.9 Å². The van der Waals surface area contributed by atoms with Gasteiger partial charge in [0.2, 0.25) is 0 Å². The lowest BCUT2D eigenvalue weighted by molar-refractivity contribution is 0.602. The number of hydrogen-bond acceptors (Lipinski definition) is 6. The molecule has 0 saturated carbocycles. The van der Waals surface area contributed by atoms with Gasteiger partial charge in [0.05, 0.1) is 16.1 Å². The van der Waals surface area contributed by atoms with E-state index in [0.29, 0.717) is 4.90 Å². The Labute approximate surface area is 167 Å². The zero-order chi connectivity index (χ0) is 19.7. The summed E-state index contributed by atoms with van der Waals surface area (Å²) in [7, 11) is -3.21. The minimum Gasteiger partial charge on any atom is -0.330 e. The molecule has 0 amide bonds. The van der Waals surface area contributed by atoms with E-state index >= 15 is 0 Å². The van der Waals surface area contributed by atoms with Gasteiger partial charge < -0.3 is 4.72 Å². The third-order valence-electron chi connectivity index (χ3n) is 4.40.